The first-order chi connectivity index (χ1) is 11.4. The van der Waals surface area contributed by atoms with Gasteiger partial charge in [0.05, 0.1) is 16.6 Å². The highest BCUT2D eigenvalue weighted by Gasteiger charge is 2.33. The maximum atomic E-state index is 12.3. The molecule has 1 saturated heterocycles. The van der Waals surface area contributed by atoms with E-state index in [1.54, 1.807) is 36.1 Å². The zero-order chi connectivity index (χ0) is 17.7. The quantitative estimate of drug-likeness (QED) is 0.775. The third-order valence-corrected chi connectivity index (χ3v) is 4.08. The van der Waals surface area contributed by atoms with Gasteiger partial charge in [-0.2, -0.15) is 0 Å². The molecule has 1 aliphatic heterocycles. The molecule has 1 aliphatic rings. The van der Waals surface area contributed by atoms with E-state index in [0.29, 0.717) is 35.9 Å². The standard InChI is InChI=1S/C17H20ClN3O3/c1-3-7-21-10-11(8-16(21)23)17(24)19-12-5-6-14(13(18)9-12)20-15(22)4-2/h3,5-6,9,11H,1,4,7-8,10H2,2H3,(H,19,24)(H,20,22). The van der Waals surface area contributed by atoms with Crippen molar-refractivity contribution in [3.05, 3.63) is 35.9 Å². The number of benzene rings is 1. The molecule has 0 saturated carbocycles. The van der Waals surface area contributed by atoms with Crippen molar-refractivity contribution in [3.8, 4) is 0 Å². The van der Waals surface area contributed by atoms with Crippen LogP contribution in [-0.4, -0.2) is 35.7 Å². The summed E-state index contributed by atoms with van der Waals surface area (Å²) in [7, 11) is 0. The van der Waals surface area contributed by atoms with E-state index in [-0.39, 0.29) is 24.1 Å². The van der Waals surface area contributed by atoms with Crippen LogP contribution in [0.2, 0.25) is 5.02 Å². The first-order valence-corrected chi connectivity index (χ1v) is 8.11. The first-order valence-electron chi connectivity index (χ1n) is 7.73. The summed E-state index contributed by atoms with van der Waals surface area (Å²) in [6, 6.07) is 4.87. The molecule has 0 radical (unpaired) electrons. The normalized spacial score (nSPS) is 16.8. The molecule has 0 bridgehead atoms. The zero-order valence-corrected chi connectivity index (χ0v) is 14.2. The average Bonchev–Trinajstić information content (AvgIpc) is 2.91. The molecule has 0 spiro atoms. The lowest BCUT2D eigenvalue weighted by molar-refractivity contribution is -0.127. The number of rotatable bonds is 6. The Hall–Kier alpha value is -2.34. The number of nitrogens with zero attached hydrogens (tertiary/aromatic N) is 1. The summed E-state index contributed by atoms with van der Waals surface area (Å²) < 4.78 is 0. The molecule has 1 heterocycles. The molecule has 24 heavy (non-hydrogen) atoms. The summed E-state index contributed by atoms with van der Waals surface area (Å²) in [6.45, 7) is 6.18. The smallest absolute Gasteiger partial charge is 0.229 e. The van der Waals surface area contributed by atoms with Crippen LogP contribution in [0.25, 0.3) is 0 Å². The Morgan fingerprint density at radius 2 is 2.17 bits per heavy atom. The second-order valence-electron chi connectivity index (χ2n) is 5.57. The predicted octanol–water partition coefficient (Wildman–Crippen LogP) is 2.66. The highest BCUT2D eigenvalue weighted by molar-refractivity contribution is 6.34. The van der Waals surface area contributed by atoms with E-state index in [1.807, 2.05) is 0 Å². The number of hydrogen-bond acceptors (Lipinski definition) is 3. The molecule has 1 aromatic rings. The Morgan fingerprint density at radius 1 is 1.42 bits per heavy atom. The van der Waals surface area contributed by atoms with Crippen LogP contribution < -0.4 is 10.6 Å². The lowest BCUT2D eigenvalue weighted by Crippen LogP contribution is -2.28. The molecule has 0 aliphatic carbocycles. The summed E-state index contributed by atoms with van der Waals surface area (Å²) in [4.78, 5) is 37.1. The monoisotopic (exact) mass is 349 g/mol. The van der Waals surface area contributed by atoms with Gasteiger partial charge in [0.25, 0.3) is 0 Å². The maximum Gasteiger partial charge on any atom is 0.229 e. The van der Waals surface area contributed by atoms with Crippen LogP contribution in [0.1, 0.15) is 19.8 Å². The van der Waals surface area contributed by atoms with Gasteiger partial charge >= 0.3 is 0 Å². The fourth-order valence-electron chi connectivity index (χ4n) is 2.46. The first kappa shape index (κ1) is 18.0. The summed E-state index contributed by atoms with van der Waals surface area (Å²) in [5.41, 5.74) is 1.02. The van der Waals surface area contributed by atoms with E-state index in [0.717, 1.165) is 0 Å². The lowest BCUT2D eigenvalue weighted by atomic mass is 10.1. The van der Waals surface area contributed by atoms with E-state index in [9.17, 15) is 14.4 Å². The molecule has 3 amide bonds. The molecule has 2 rings (SSSR count). The lowest BCUT2D eigenvalue weighted by Gasteiger charge is -2.14. The Labute approximate surface area is 145 Å². The van der Waals surface area contributed by atoms with Crippen LogP contribution in [-0.2, 0) is 14.4 Å². The topological polar surface area (TPSA) is 78.5 Å². The van der Waals surface area contributed by atoms with Gasteiger partial charge in [0.2, 0.25) is 17.7 Å². The number of carbonyl (C=O) groups excluding carboxylic acids is 3. The van der Waals surface area contributed by atoms with Crippen molar-refractivity contribution in [3.63, 3.8) is 0 Å². The highest BCUT2D eigenvalue weighted by Crippen LogP contribution is 2.27. The minimum absolute atomic E-state index is 0.0503. The Morgan fingerprint density at radius 3 is 2.79 bits per heavy atom. The Kier molecular flexibility index (Phi) is 5.98. The van der Waals surface area contributed by atoms with E-state index >= 15 is 0 Å². The van der Waals surface area contributed by atoms with Gasteiger partial charge in [0.15, 0.2) is 0 Å². The summed E-state index contributed by atoms with van der Waals surface area (Å²) in [6.07, 6.45) is 2.19. The van der Waals surface area contributed by atoms with Crippen LogP contribution in [0.5, 0.6) is 0 Å². The van der Waals surface area contributed by atoms with Crippen LogP contribution in [0.15, 0.2) is 30.9 Å². The number of amides is 3. The molecule has 1 fully saturated rings. The SMILES string of the molecule is C=CCN1CC(C(=O)Nc2ccc(NC(=O)CC)c(Cl)c2)CC1=O. The highest BCUT2D eigenvalue weighted by atomic mass is 35.5. The van der Waals surface area contributed by atoms with E-state index in [2.05, 4.69) is 17.2 Å². The molecule has 6 nitrogen and oxygen atoms in total. The maximum absolute atomic E-state index is 12.3. The van der Waals surface area contributed by atoms with Crippen LogP contribution >= 0.6 is 11.6 Å². The number of carbonyl (C=O) groups is 3. The van der Waals surface area contributed by atoms with Gasteiger partial charge in [-0.15, -0.1) is 6.58 Å². The molecular weight excluding hydrogens is 330 g/mol. The molecule has 1 atom stereocenters. The fourth-order valence-corrected chi connectivity index (χ4v) is 2.69. The number of hydrogen-bond donors (Lipinski definition) is 2. The van der Waals surface area contributed by atoms with E-state index < -0.39 is 5.92 Å². The van der Waals surface area contributed by atoms with Crippen LogP contribution in [0, 0.1) is 5.92 Å². The van der Waals surface area contributed by atoms with Crippen molar-refractivity contribution in [2.75, 3.05) is 23.7 Å². The Bertz CT molecular complexity index is 675. The minimum Gasteiger partial charge on any atom is -0.338 e. The number of halogens is 1. The predicted molar refractivity (Wildman–Crippen MR) is 93.9 cm³/mol. The second kappa shape index (κ2) is 7.97. The van der Waals surface area contributed by atoms with Crippen molar-refractivity contribution in [2.45, 2.75) is 19.8 Å². The Balaban J connectivity index is 1.99. The molecule has 0 aromatic heterocycles. The fraction of sp³-hybridized carbons (Fsp3) is 0.353. The summed E-state index contributed by atoms with van der Waals surface area (Å²) in [5.74, 6) is -0.807. The van der Waals surface area contributed by atoms with Crippen molar-refractivity contribution < 1.29 is 14.4 Å². The average molecular weight is 350 g/mol. The van der Waals surface area contributed by atoms with Gasteiger partial charge < -0.3 is 15.5 Å². The minimum atomic E-state index is -0.393. The van der Waals surface area contributed by atoms with Gasteiger partial charge in [-0.25, -0.2) is 0 Å². The van der Waals surface area contributed by atoms with Gasteiger partial charge in [0, 0.05) is 31.6 Å². The van der Waals surface area contributed by atoms with Crippen molar-refractivity contribution in [2.24, 2.45) is 5.92 Å². The molecule has 2 N–H and O–H groups in total. The van der Waals surface area contributed by atoms with Gasteiger partial charge in [0.1, 0.15) is 0 Å². The molecule has 128 valence electrons. The molecule has 7 heteroatoms. The summed E-state index contributed by atoms with van der Waals surface area (Å²) >= 11 is 6.12. The summed E-state index contributed by atoms with van der Waals surface area (Å²) in [5, 5.41) is 5.78. The third kappa shape index (κ3) is 4.35. The zero-order valence-electron chi connectivity index (χ0n) is 13.5. The number of nitrogens with one attached hydrogen (secondary N) is 2. The van der Waals surface area contributed by atoms with Gasteiger partial charge in [-0.3, -0.25) is 14.4 Å². The van der Waals surface area contributed by atoms with Crippen LogP contribution in [0.3, 0.4) is 0 Å². The van der Waals surface area contributed by atoms with Crippen molar-refractivity contribution in [1.82, 2.24) is 4.90 Å². The van der Waals surface area contributed by atoms with E-state index in [4.69, 9.17) is 11.6 Å². The van der Waals surface area contributed by atoms with Crippen molar-refractivity contribution in [1.29, 1.82) is 0 Å². The number of anilines is 2. The molecular formula is C17H20ClN3O3. The van der Waals surface area contributed by atoms with Crippen molar-refractivity contribution >= 4 is 40.7 Å². The van der Waals surface area contributed by atoms with Gasteiger partial charge in [-0.1, -0.05) is 24.6 Å². The third-order valence-electron chi connectivity index (χ3n) is 3.77. The molecule has 1 unspecified atom stereocenters. The number of likely N-dealkylation sites (tertiary alicyclic amines) is 1. The van der Waals surface area contributed by atoms with Crippen LogP contribution in [0.4, 0.5) is 11.4 Å². The van der Waals surface area contributed by atoms with Gasteiger partial charge in [-0.05, 0) is 18.2 Å². The molecule has 1 aromatic carbocycles. The second-order valence-corrected chi connectivity index (χ2v) is 5.98. The largest absolute Gasteiger partial charge is 0.338 e. The van der Waals surface area contributed by atoms with E-state index in [1.165, 1.54) is 0 Å².